The van der Waals surface area contributed by atoms with E-state index in [0.717, 1.165) is 16.3 Å². The first-order chi connectivity index (χ1) is 17.3. The molecule has 3 N–H and O–H groups in total. The number of amides is 1. The lowest BCUT2D eigenvalue weighted by Gasteiger charge is -2.19. The van der Waals surface area contributed by atoms with Gasteiger partial charge in [0.05, 0.1) is 10.6 Å². The number of hydrogen-bond donors (Lipinski definition) is 3. The molecule has 0 radical (unpaired) electrons. The van der Waals surface area contributed by atoms with E-state index >= 15 is 0 Å². The van der Waals surface area contributed by atoms with Crippen LogP contribution < -0.4 is 14.9 Å². The Hall–Kier alpha value is -3.79. The molecule has 0 aliphatic heterocycles. The first kappa shape index (κ1) is 25.3. The van der Waals surface area contributed by atoms with Gasteiger partial charge in [-0.05, 0) is 83.5 Å². The molecule has 7 nitrogen and oxygen atoms in total. The molecule has 1 amide bonds. The SMILES string of the molecule is CN(c1ccccc1)S(=O)(=O)c1ccc(NC(=S)NC(=O)c2ccc3cc(CCO)ccc3c2)cc1. The van der Waals surface area contributed by atoms with Crippen molar-refractivity contribution in [2.75, 3.05) is 23.3 Å². The van der Waals surface area contributed by atoms with Gasteiger partial charge in [-0.15, -0.1) is 0 Å². The molecule has 36 heavy (non-hydrogen) atoms. The zero-order chi connectivity index (χ0) is 25.7. The monoisotopic (exact) mass is 519 g/mol. The molecule has 0 fully saturated rings. The molecule has 0 saturated carbocycles. The average molecular weight is 520 g/mol. The topological polar surface area (TPSA) is 98.7 Å². The number of fused-ring (bicyclic) bond motifs is 1. The van der Waals surface area contributed by atoms with Crippen molar-refractivity contribution in [3.8, 4) is 0 Å². The Morgan fingerprint density at radius 1 is 0.917 bits per heavy atom. The summed E-state index contributed by atoms with van der Waals surface area (Å²) in [4.78, 5) is 12.8. The molecule has 0 heterocycles. The molecule has 4 aromatic rings. The third-order valence-corrected chi connectivity index (χ3v) is 7.69. The van der Waals surface area contributed by atoms with Crippen molar-refractivity contribution < 1.29 is 18.3 Å². The van der Waals surface area contributed by atoms with Crippen molar-refractivity contribution in [2.24, 2.45) is 0 Å². The highest BCUT2D eigenvalue weighted by molar-refractivity contribution is 7.92. The number of para-hydroxylation sites is 1. The van der Waals surface area contributed by atoms with Gasteiger partial charge in [-0.1, -0.05) is 42.5 Å². The van der Waals surface area contributed by atoms with E-state index in [0.29, 0.717) is 23.4 Å². The molecular weight excluding hydrogens is 494 g/mol. The minimum atomic E-state index is -3.73. The lowest BCUT2D eigenvalue weighted by Crippen LogP contribution is -2.34. The molecule has 4 rings (SSSR count). The predicted octanol–water partition coefficient (Wildman–Crippen LogP) is 4.33. The fourth-order valence-electron chi connectivity index (χ4n) is 3.70. The number of thiocarbonyl (C=S) groups is 1. The second kappa shape index (κ2) is 10.9. The van der Waals surface area contributed by atoms with Gasteiger partial charge in [-0.25, -0.2) is 8.42 Å². The van der Waals surface area contributed by atoms with Gasteiger partial charge in [0.15, 0.2) is 5.11 Å². The normalized spacial score (nSPS) is 11.2. The van der Waals surface area contributed by atoms with Gasteiger partial charge in [0.25, 0.3) is 15.9 Å². The fourth-order valence-corrected chi connectivity index (χ4v) is 5.11. The summed E-state index contributed by atoms with van der Waals surface area (Å²) in [5.41, 5.74) is 2.57. The fraction of sp³-hybridized carbons (Fsp3) is 0.111. The number of benzene rings is 4. The number of aliphatic hydroxyl groups excluding tert-OH is 1. The smallest absolute Gasteiger partial charge is 0.264 e. The summed E-state index contributed by atoms with van der Waals surface area (Å²) in [7, 11) is -2.22. The van der Waals surface area contributed by atoms with E-state index in [1.165, 1.54) is 23.5 Å². The Bertz CT molecular complexity index is 1510. The van der Waals surface area contributed by atoms with E-state index in [1.807, 2.05) is 30.3 Å². The number of anilines is 2. The number of rotatable bonds is 7. The molecule has 0 spiro atoms. The molecule has 0 aliphatic rings. The van der Waals surface area contributed by atoms with E-state index in [-0.39, 0.29) is 22.5 Å². The molecule has 9 heteroatoms. The summed E-state index contributed by atoms with van der Waals surface area (Å²) in [6.45, 7) is 0.0831. The van der Waals surface area contributed by atoms with Gasteiger partial charge in [0.1, 0.15) is 0 Å². The molecule has 0 atom stereocenters. The summed E-state index contributed by atoms with van der Waals surface area (Å²) >= 11 is 5.27. The summed E-state index contributed by atoms with van der Waals surface area (Å²) in [6.07, 6.45) is 0.578. The van der Waals surface area contributed by atoms with Crippen LogP contribution in [0.1, 0.15) is 15.9 Å². The van der Waals surface area contributed by atoms with E-state index in [1.54, 1.807) is 48.5 Å². The first-order valence-corrected chi connectivity index (χ1v) is 13.0. The lowest BCUT2D eigenvalue weighted by molar-refractivity contribution is 0.0978. The van der Waals surface area contributed by atoms with Crippen molar-refractivity contribution in [1.29, 1.82) is 0 Å². The predicted molar refractivity (Wildman–Crippen MR) is 147 cm³/mol. The molecular formula is C27H25N3O4S2. The van der Waals surface area contributed by atoms with Crippen molar-refractivity contribution in [2.45, 2.75) is 11.3 Å². The van der Waals surface area contributed by atoms with Crippen LogP contribution in [0, 0.1) is 0 Å². The van der Waals surface area contributed by atoms with Crippen LogP contribution in [0.5, 0.6) is 0 Å². The Balaban J connectivity index is 1.40. The Labute approximate surface area is 215 Å². The van der Waals surface area contributed by atoms with Crippen molar-refractivity contribution in [3.05, 3.63) is 102 Å². The summed E-state index contributed by atoms with van der Waals surface area (Å²) < 4.78 is 27.1. The van der Waals surface area contributed by atoms with Crippen LogP contribution in [-0.2, 0) is 16.4 Å². The second-order valence-corrected chi connectivity index (χ2v) is 10.5. The van der Waals surface area contributed by atoms with Crippen molar-refractivity contribution in [3.63, 3.8) is 0 Å². The minimum Gasteiger partial charge on any atom is -0.396 e. The van der Waals surface area contributed by atoms with Gasteiger partial charge in [-0.2, -0.15) is 0 Å². The van der Waals surface area contributed by atoms with Crippen molar-refractivity contribution in [1.82, 2.24) is 5.32 Å². The maximum atomic E-state index is 12.9. The summed E-state index contributed by atoms with van der Waals surface area (Å²) in [6, 6.07) is 26.1. The largest absolute Gasteiger partial charge is 0.396 e. The number of carbonyl (C=O) groups is 1. The third-order valence-electron chi connectivity index (χ3n) is 5.68. The third kappa shape index (κ3) is 5.71. The summed E-state index contributed by atoms with van der Waals surface area (Å²) in [5, 5.41) is 16.6. The maximum absolute atomic E-state index is 12.9. The quantitative estimate of drug-likeness (QED) is 0.315. The molecule has 184 valence electrons. The van der Waals surface area contributed by atoms with Gasteiger partial charge in [-0.3, -0.25) is 14.4 Å². The Kier molecular flexibility index (Phi) is 7.64. The zero-order valence-corrected chi connectivity index (χ0v) is 21.1. The highest BCUT2D eigenvalue weighted by Crippen LogP contribution is 2.23. The van der Waals surface area contributed by atoms with Gasteiger partial charge < -0.3 is 10.4 Å². The number of sulfonamides is 1. The van der Waals surface area contributed by atoms with Gasteiger partial charge in [0, 0.05) is 24.9 Å². The van der Waals surface area contributed by atoms with E-state index < -0.39 is 10.0 Å². The number of aliphatic hydroxyl groups is 1. The highest BCUT2D eigenvalue weighted by Gasteiger charge is 2.21. The second-order valence-electron chi connectivity index (χ2n) is 8.11. The van der Waals surface area contributed by atoms with Crippen molar-refractivity contribution >= 4 is 55.4 Å². The molecule has 4 aromatic carbocycles. The van der Waals surface area contributed by atoms with E-state index in [4.69, 9.17) is 17.3 Å². The summed E-state index contributed by atoms with van der Waals surface area (Å²) in [5.74, 6) is -0.363. The lowest BCUT2D eigenvalue weighted by atomic mass is 10.0. The number of nitrogens with one attached hydrogen (secondary N) is 2. The maximum Gasteiger partial charge on any atom is 0.264 e. The first-order valence-electron chi connectivity index (χ1n) is 11.2. The van der Waals surface area contributed by atoms with Crippen LogP contribution >= 0.6 is 12.2 Å². The van der Waals surface area contributed by atoms with E-state index in [9.17, 15) is 13.2 Å². The average Bonchev–Trinajstić information content (AvgIpc) is 2.88. The van der Waals surface area contributed by atoms with Crippen LogP contribution in [0.2, 0.25) is 0 Å². The van der Waals surface area contributed by atoms with Crippen LogP contribution in [0.4, 0.5) is 11.4 Å². The molecule has 0 aromatic heterocycles. The molecule has 0 unspecified atom stereocenters. The molecule has 0 bridgehead atoms. The van der Waals surface area contributed by atoms with Crippen LogP contribution in [-0.4, -0.2) is 38.2 Å². The number of hydrogen-bond acceptors (Lipinski definition) is 5. The van der Waals surface area contributed by atoms with Crippen LogP contribution in [0.15, 0.2) is 95.9 Å². The highest BCUT2D eigenvalue weighted by atomic mass is 32.2. The Morgan fingerprint density at radius 2 is 1.58 bits per heavy atom. The number of nitrogens with zero attached hydrogens (tertiary/aromatic N) is 1. The van der Waals surface area contributed by atoms with E-state index in [2.05, 4.69) is 10.6 Å². The zero-order valence-electron chi connectivity index (χ0n) is 19.5. The van der Waals surface area contributed by atoms with Crippen LogP contribution in [0.25, 0.3) is 10.8 Å². The molecule has 0 saturated heterocycles. The Morgan fingerprint density at radius 3 is 2.28 bits per heavy atom. The van der Waals surface area contributed by atoms with Gasteiger partial charge >= 0.3 is 0 Å². The number of carbonyl (C=O) groups excluding carboxylic acids is 1. The standard InChI is InChI=1S/C27H25N3O4S2/c1-30(24-5-3-2-4-6-24)36(33,34)25-13-11-23(12-14-25)28-27(35)29-26(32)22-10-9-20-17-19(15-16-31)7-8-21(20)18-22/h2-14,17-18,31H,15-16H2,1H3,(H2,28,29,32,35). The van der Waals surface area contributed by atoms with Crippen LogP contribution in [0.3, 0.4) is 0 Å². The van der Waals surface area contributed by atoms with Gasteiger partial charge in [0.2, 0.25) is 0 Å². The minimum absolute atomic E-state index is 0.0831. The molecule has 0 aliphatic carbocycles.